The lowest BCUT2D eigenvalue weighted by Gasteiger charge is -2.22. The van der Waals surface area contributed by atoms with Gasteiger partial charge < -0.3 is 29.2 Å². The Morgan fingerprint density at radius 3 is 1.60 bits per heavy atom. The minimum Gasteiger partial charge on any atom is -0.434 e. The van der Waals surface area contributed by atoms with Crippen molar-refractivity contribution in [2.75, 3.05) is 52.6 Å². The first-order chi connectivity index (χ1) is 25.9. The Kier molecular flexibility index (Phi) is 25.4. The van der Waals surface area contributed by atoms with Crippen LogP contribution in [0.2, 0.25) is 0 Å². The molecule has 0 aliphatic heterocycles. The molecule has 2 rings (SSSR count). The molecule has 0 radical (unpaired) electrons. The zero-order valence-corrected chi connectivity index (χ0v) is 32.8. The molecule has 0 unspecified atom stereocenters. The highest BCUT2D eigenvalue weighted by Gasteiger charge is 2.17. The molecule has 53 heavy (non-hydrogen) atoms. The Hall–Kier alpha value is -3.75. The van der Waals surface area contributed by atoms with E-state index in [4.69, 9.17) is 18.9 Å². The van der Waals surface area contributed by atoms with Crippen molar-refractivity contribution in [3.8, 4) is 0 Å². The van der Waals surface area contributed by atoms with E-state index in [-0.39, 0.29) is 17.2 Å². The number of amides is 1. The second-order valence-corrected chi connectivity index (χ2v) is 13.6. The third-order valence-electron chi connectivity index (χ3n) is 9.01. The number of imidazole rings is 1. The van der Waals surface area contributed by atoms with Crippen molar-refractivity contribution in [2.24, 2.45) is 7.05 Å². The molecule has 1 N–H and O–H groups in total. The lowest BCUT2D eigenvalue weighted by Crippen LogP contribution is -2.29. The maximum absolute atomic E-state index is 12.6. The Bertz CT molecular complexity index is 1300. The fourth-order valence-corrected chi connectivity index (χ4v) is 5.82. The number of fused-ring (bicyclic) bond motifs is 1. The van der Waals surface area contributed by atoms with Gasteiger partial charge in [-0.15, -0.1) is 5.10 Å². The summed E-state index contributed by atoms with van der Waals surface area (Å²) in [5, 5.41) is 10.5. The van der Waals surface area contributed by atoms with E-state index in [0.717, 1.165) is 101 Å². The van der Waals surface area contributed by atoms with Gasteiger partial charge in [0.1, 0.15) is 6.33 Å². The van der Waals surface area contributed by atoms with E-state index >= 15 is 0 Å². The van der Waals surface area contributed by atoms with Crippen LogP contribution in [0.5, 0.6) is 0 Å². The number of nitrogens with one attached hydrogen (secondary N) is 1. The van der Waals surface area contributed by atoms with E-state index in [1.54, 1.807) is 0 Å². The second-order valence-electron chi connectivity index (χ2n) is 13.6. The fraction of sp³-hybridized carbons (Fsp3) is 0.816. The molecule has 15 heteroatoms. The molecular weight excluding hydrogens is 682 g/mol. The van der Waals surface area contributed by atoms with E-state index in [0.29, 0.717) is 33.0 Å². The van der Waals surface area contributed by atoms with E-state index in [9.17, 15) is 19.2 Å². The summed E-state index contributed by atoms with van der Waals surface area (Å²) in [5.74, 6) is -0.383. The predicted molar refractivity (Wildman–Crippen MR) is 203 cm³/mol. The SMILES string of the molecule is CCCCCCCCOC(=O)OCCCCN(CCCCCCNC(=O)c1ncn2c(=O)n(C)nnc12)CCCCOC(=O)OCCCCCCCC. The first kappa shape index (κ1) is 45.4. The lowest BCUT2D eigenvalue weighted by atomic mass is 10.1. The number of hydrogen-bond acceptors (Lipinski definition) is 12. The highest BCUT2D eigenvalue weighted by molar-refractivity contribution is 5.97. The molecule has 2 heterocycles. The molecule has 0 spiro atoms. The molecule has 0 aromatic carbocycles. The summed E-state index contributed by atoms with van der Waals surface area (Å²) in [4.78, 5) is 55.1. The van der Waals surface area contributed by atoms with E-state index in [2.05, 4.69) is 39.4 Å². The van der Waals surface area contributed by atoms with Crippen molar-refractivity contribution in [3.63, 3.8) is 0 Å². The Morgan fingerprint density at radius 2 is 1.08 bits per heavy atom. The summed E-state index contributed by atoms with van der Waals surface area (Å²) < 4.78 is 23.2. The van der Waals surface area contributed by atoms with Gasteiger partial charge >= 0.3 is 18.0 Å². The van der Waals surface area contributed by atoms with Crippen molar-refractivity contribution in [1.29, 1.82) is 0 Å². The van der Waals surface area contributed by atoms with Gasteiger partial charge in [0.05, 0.1) is 26.4 Å². The molecule has 0 atom stereocenters. The van der Waals surface area contributed by atoms with Crippen LogP contribution in [0.4, 0.5) is 9.59 Å². The number of unbranched alkanes of at least 4 members (excludes halogenated alkanes) is 15. The summed E-state index contributed by atoms with van der Waals surface area (Å²) in [6.45, 7) is 9.03. The molecule has 0 fully saturated rings. The van der Waals surface area contributed by atoms with Gasteiger partial charge in [0.25, 0.3) is 5.91 Å². The van der Waals surface area contributed by atoms with Crippen LogP contribution in [-0.4, -0.2) is 100 Å². The average Bonchev–Trinajstić information content (AvgIpc) is 3.59. The third kappa shape index (κ3) is 20.9. The van der Waals surface area contributed by atoms with Crippen LogP contribution in [0.15, 0.2) is 11.1 Å². The summed E-state index contributed by atoms with van der Waals surface area (Å²) in [6, 6.07) is 0. The van der Waals surface area contributed by atoms with Crippen LogP contribution in [0, 0.1) is 0 Å². The van der Waals surface area contributed by atoms with E-state index in [1.165, 1.54) is 69.1 Å². The van der Waals surface area contributed by atoms with Crippen LogP contribution in [0.25, 0.3) is 5.65 Å². The molecule has 1 amide bonds. The van der Waals surface area contributed by atoms with Crippen LogP contribution in [0.1, 0.15) is 153 Å². The smallest absolute Gasteiger partial charge is 0.434 e. The Morgan fingerprint density at radius 1 is 0.642 bits per heavy atom. The van der Waals surface area contributed by atoms with Crippen molar-refractivity contribution in [2.45, 2.75) is 142 Å². The molecular formula is C38H67N7O8. The standard InChI is InChI=1S/C38H67N7O8/c1-4-6-8-10-14-20-28-50-37(48)52-30-22-18-26-44(27-19-23-31-53-38(49)51-29-21-15-11-9-7-5-2)25-17-13-12-16-24-39-35(46)33-34-41-42-43(3)36(47)45(34)32-40-33/h32H,4-31H2,1-3H3,(H,39,46). The van der Waals surface area contributed by atoms with Gasteiger partial charge in [-0.1, -0.05) is 96.1 Å². The molecule has 0 aliphatic carbocycles. The van der Waals surface area contributed by atoms with Crippen LogP contribution in [-0.2, 0) is 26.0 Å². The zero-order chi connectivity index (χ0) is 38.4. The normalized spacial score (nSPS) is 11.2. The van der Waals surface area contributed by atoms with Gasteiger partial charge in [-0.25, -0.2) is 23.8 Å². The van der Waals surface area contributed by atoms with Crippen LogP contribution >= 0.6 is 0 Å². The van der Waals surface area contributed by atoms with Crippen molar-refractivity contribution < 1.29 is 33.3 Å². The zero-order valence-electron chi connectivity index (χ0n) is 32.8. The van der Waals surface area contributed by atoms with Crippen molar-refractivity contribution >= 4 is 23.9 Å². The van der Waals surface area contributed by atoms with Gasteiger partial charge in [-0.2, -0.15) is 4.68 Å². The predicted octanol–water partition coefficient (Wildman–Crippen LogP) is 7.00. The van der Waals surface area contributed by atoms with Gasteiger partial charge in [0.15, 0.2) is 11.3 Å². The highest BCUT2D eigenvalue weighted by Crippen LogP contribution is 2.09. The van der Waals surface area contributed by atoms with Crippen molar-refractivity contribution in [3.05, 3.63) is 22.5 Å². The van der Waals surface area contributed by atoms with Crippen molar-refractivity contribution in [1.82, 2.24) is 34.6 Å². The summed E-state index contributed by atoms with van der Waals surface area (Å²) in [5.41, 5.74) is -0.206. The number of hydrogen-bond donors (Lipinski definition) is 1. The third-order valence-corrected chi connectivity index (χ3v) is 9.01. The van der Waals surface area contributed by atoms with Crippen LogP contribution < -0.4 is 11.0 Å². The maximum atomic E-state index is 12.6. The monoisotopic (exact) mass is 750 g/mol. The molecule has 0 bridgehead atoms. The number of ether oxygens (including phenoxy) is 4. The summed E-state index contributed by atoms with van der Waals surface area (Å²) in [7, 11) is 1.48. The number of rotatable bonds is 32. The minimum atomic E-state index is -0.588. The number of carbonyl (C=O) groups excluding carboxylic acids is 3. The number of carbonyl (C=O) groups is 3. The topological polar surface area (TPSA) is 168 Å². The Balaban J connectivity index is 1.64. The number of nitrogens with zero attached hydrogens (tertiary/aromatic N) is 6. The van der Waals surface area contributed by atoms with E-state index in [1.807, 2.05) is 0 Å². The number of aryl methyl sites for hydroxylation is 1. The molecule has 2 aromatic heterocycles. The van der Waals surface area contributed by atoms with E-state index < -0.39 is 18.0 Å². The lowest BCUT2D eigenvalue weighted by molar-refractivity contribution is 0.0524. The van der Waals surface area contributed by atoms with Crippen LogP contribution in [0.3, 0.4) is 0 Å². The largest absolute Gasteiger partial charge is 0.508 e. The van der Waals surface area contributed by atoms with Gasteiger partial charge in [0.2, 0.25) is 0 Å². The summed E-state index contributed by atoms with van der Waals surface area (Å²) >= 11 is 0. The quantitative estimate of drug-likeness (QED) is 0.0601. The minimum absolute atomic E-state index is 0.0803. The highest BCUT2D eigenvalue weighted by atomic mass is 16.7. The van der Waals surface area contributed by atoms with Gasteiger partial charge in [-0.3, -0.25) is 4.79 Å². The molecule has 0 aliphatic rings. The summed E-state index contributed by atoms with van der Waals surface area (Å²) in [6.07, 6.45) is 20.8. The molecule has 0 saturated carbocycles. The molecule has 0 saturated heterocycles. The second kappa shape index (κ2) is 29.7. The average molecular weight is 750 g/mol. The molecule has 2 aromatic rings. The van der Waals surface area contributed by atoms with Gasteiger partial charge in [0, 0.05) is 13.6 Å². The first-order valence-corrected chi connectivity index (χ1v) is 20.2. The van der Waals surface area contributed by atoms with Gasteiger partial charge in [-0.05, 0) is 71.0 Å². The Labute approximate surface area is 315 Å². The first-order valence-electron chi connectivity index (χ1n) is 20.2. The number of aromatic nitrogens is 5. The molecule has 302 valence electrons. The fourth-order valence-electron chi connectivity index (χ4n) is 5.82. The molecule has 15 nitrogen and oxygen atoms in total. The maximum Gasteiger partial charge on any atom is 0.508 e.